The van der Waals surface area contributed by atoms with Crippen LogP contribution < -0.4 is 10.1 Å². The van der Waals surface area contributed by atoms with Crippen LogP contribution in [0, 0.1) is 5.82 Å². The quantitative estimate of drug-likeness (QED) is 0.897. The zero-order valence-electron chi connectivity index (χ0n) is 11.1. The number of pyridine rings is 1. The third kappa shape index (κ3) is 3.09. The highest BCUT2D eigenvalue weighted by Gasteiger charge is 2.17. The van der Waals surface area contributed by atoms with Crippen molar-refractivity contribution in [2.24, 2.45) is 0 Å². The van der Waals surface area contributed by atoms with Crippen molar-refractivity contribution in [3.8, 4) is 5.75 Å². The molecule has 1 aromatic carbocycles. The Morgan fingerprint density at radius 2 is 2.21 bits per heavy atom. The van der Waals surface area contributed by atoms with E-state index in [1.807, 2.05) is 19.1 Å². The fourth-order valence-corrected chi connectivity index (χ4v) is 2.10. The number of halogens is 1. The largest absolute Gasteiger partial charge is 0.495 e. The maximum Gasteiger partial charge on any atom is 0.142 e. The van der Waals surface area contributed by atoms with Gasteiger partial charge in [-0.05, 0) is 30.3 Å². The minimum absolute atomic E-state index is 0.112. The zero-order chi connectivity index (χ0) is 13.7. The van der Waals surface area contributed by atoms with Gasteiger partial charge in [0, 0.05) is 11.8 Å². The highest BCUT2D eigenvalue weighted by atomic mass is 19.1. The molecule has 1 atom stereocenters. The van der Waals surface area contributed by atoms with Crippen LogP contribution in [0.25, 0.3) is 0 Å². The van der Waals surface area contributed by atoms with Crippen molar-refractivity contribution in [2.45, 2.75) is 13.0 Å². The van der Waals surface area contributed by atoms with Crippen molar-refractivity contribution in [1.29, 1.82) is 0 Å². The van der Waals surface area contributed by atoms with E-state index in [4.69, 9.17) is 4.74 Å². The maximum atomic E-state index is 13.4. The summed E-state index contributed by atoms with van der Waals surface area (Å²) < 4.78 is 18.7. The Morgan fingerprint density at radius 3 is 2.89 bits per heavy atom. The van der Waals surface area contributed by atoms with Gasteiger partial charge in [-0.15, -0.1) is 0 Å². The van der Waals surface area contributed by atoms with E-state index in [9.17, 15) is 4.39 Å². The Balaban J connectivity index is 2.45. The molecule has 0 fully saturated rings. The Labute approximate surface area is 112 Å². The Bertz CT molecular complexity index is 545. The van der Waals surface area contributed by atoms with Gasteiger partial charge in [-0.25, -0.2) is 4.39 Å². The van der Waals surface area contributed by atoms with Crippen LogP contribution in [-0.2, 0) is 0 Å². The molecule has 0 amide bonds. The van der Waals surface area contributed by atoms with Crippen LogP contribution in [0.2, 0.25) is 0 Å². The molecule has 1 aromatic heterocycles. The number of rotatable bonds is 5. The van der Waals surface area contributed by atoms with Crippen LogP contribution in [0.15, 0.2) is 42.7 Å². The van der Waals surface area contributed by atoms with E-state index < -0.39 is 0 Å². The van der Waals surface area contributed by atoms with Crippen LogP contribution in [0.4, 0.5) is 4.39 Å². The molecule has 1 heterocycles. The molecule has 1 unspecified atom stereocenters. The summed E-state index contributed by atoms with van der Waals surface area (Å²) in [5, 5.41) is 3.34. The van der Waals surface area contributed by atoms with Crippen molar-refractivity contribution in [1.82, 2.24) is 10.3 Å². The molecule has 3 nitrogen and oxygen atoms in total. The molecule has 0 spiro atoms. The average Bonchev–Trinajstić information content (AvgIpc) is 2.45. The number of hydrogen-bond acceptors (Lipinski definition) is 3. The van der Waals surface area contributed by atoms with Crippen molar-refractivity contribution in [3.63, 3.8) is 0 Å². The molecule has 0 bridgehead atoms. The molecular weight excluding hydrogens is 243 g/mol. The zero-order valence-corrected chi connectivity index (χ0v) is 11.1. The number of methoxy groups -OCH3 is 1. The van der Waals surface area contributed by atoms with Gasteiger partial charge in [0.25, 0.3) is 0 Å². The molecule has 0 aliphatic heterocycles. The van der Waals surface area contributed by atoms with E-state index in [0.29, 0.717) is 5.75 Å². The summed E-state index contributed by atoms with van der Waals surface area (Å²) in [5.74, 6) is 0.450. The third-order valence-electron chi connectivity index (χ3n) is 2.94. The lowest BCUT2D eigenvalue weighted by molar-refractivity contribution is 0.402. The summed E-state index contributed by atoms with van der Waals surface area (Å²) in [6, 6.07) is 8.36. The number of ether oxygens (including phenoxy) is 1. The highest BCUT2D eigenvalue weighted by molar-refractivity contribution is 5.39. The van der Waals surface area contributed by atoms with Gasteiger partial charge in [0.1, 0.15) is 11.6 Å². The minimum atomic E-state index is -0.242. The average molecular weight is 260 g/mol. The number of nitrogens with zero attached hydrogens (tertiary/aromatic N) is 1. The fourth-order valence-electron chi connectivity index (χ4n) is 2.10. The van der Waals surface area contributed by atoms with E-state index in [2.05, 4.69) is 10.3 Å². The summed E-state index contributed by atoms with van der Waals surface area (Å²) in [5.41, 5.74) is 1.82. The van der Waals surface area contributed by atoms with Gasteiger partial charge >= 0.3 is 0 Å². The second-order valence-electron chi connectivity index (χ2n) is 4.16. The Morgan fingerprint density at radius 1 is 1.37 bits per heavy atom. The van der Waals surface area contributed by atoms with Gasteiger partial charge < -0.3 is 10.1 Å². The van der Waals surface area contributed by atoms with Gasteiger partial charge in [0.05, 0.1) is 19.3 Å². The van der Waals surface area contributed by atoms with Gasteiger partial charge in [-0.1, -0.05) is 19.1 Å². The van der Waals surface area contributed by atoms with E-state index >= 15 is 0 Å². The highest BCUT2D eigenvalue weighted by Crippen LogP contribution is 2.29. The first-order valence-corrected chi connectivity index (χ1v) is 6.23. The van der Waals surface area contributed by atoms with Crippen LogP contribution in [0.5, 0.6) is 5.75 Å². The topological polar surface area (TPSA) is 34.2 Å². The maximum absolute atomic E-state index is 13.4. The second kappa shape index (κ2) is 6.29. The number of hydrogen-bond donors (Lipinski definition) is 1. The molecule has 0 aliphatic rings. The smallest absolute Gasteiger partial charge is 0.142 e. The number of nitrogens with one attached hydrogen (secondary N) is 1. The van der Waals surface area contributed by atoms with E-state index in [1.54, 1.807) is 25.6 Å². The Hall–Kier alpha value is -1.94. The van der Waals surface area contributed by atoms with E-state index in [1.165, 1.54) is 12.1 Å². The molecule has 19 heavy (non-hydrogen) atoms. The molecule has 0 saturated heterocycles. The number of benzene rings is 1. The van der Waals surface area contributed by atoms with Crippen LogP contribution in [0.1, 0.15) is 24.1 Å². The van der Waals surface area contributed by atoms with Gasteiger partial charge in [0.15, 0.2) is 0 Å². The summed E-state index contributed by atoms with van der Waals surface area (Å²) in [4.78, 5) is 4.04. The molecule has 4 heteroatoms. The molecule has 0 aliphatic carbocycles. The van der Waals surface area contributed by atoms with Crippen molar-refractivity contribution in [2.75, 3.05) is 13.7 Å². The van der Waals surface area contributed by atoms with Crippen LogP contribution in [-0.4, -0.2) is 18.6 Å². The first kappa shape index (κ1) is 13.5. The molecule has 0 radical (unpaired) electrons. The monoisotopic (exact) mass is 260 g/mol. The summed E-state index contributed by atoms with van der Waals surface area (Å²) >= 11 is 0. The lowest BCUT2D eigenvalue weighted by Crippen LogP contribution is -2.22. The standard InChI is InChI=1S/C15H17FN2O/c1-3-18-15(11-5-4-6-12(16)9-11)13-7-8-17-10-14(13)19-2/h4-10,15,18H,3H2,1-2H3. The molecule has 1 N–H and O–H groups in total. The predicted molar refractivity (Wildman–Crippen MR) is 72.7 cm³/mol. The van der Waals surface area contributed by atoms with Crippen molar-refractivity contribution in [3.05, 3.63) is 59.7 Å². The van der Waals surface area contributed by atoms with Gasteiger partial charge in [-0.2, -0.15) is 0 Å². The summed E-state index contributed by atoms with van der Waals surface area (Å²) in [6.07, 6.45) is 3.38. The molecule has 0 saturated carbocycles. The van der Waals surface area contributed by atoms with Crippen molar-refractivity contribution >= 4 is 0 Å². The van der Waals surface area contributed by atoms with Crippen LogP contribution in [0.3, 0.4) is 0 Å². The van der Waals surface area contributed by atoms with Crippen LogP contribution >= 0.6 is 0 Å². The fraction of sp³-hybridized carbons (Fsp3) is 0.267. The lowest BCUT2D eigenvalue weighted by atomic mass is 9.98. The molecular formula is C15H17FN2O. The number of aromatic nitrogens is 1. The molecule has 2 rings (SSSR count). The first-order chi connectivity index (χ1) is 9.26. The second-order valence-corrected chi connectivity index (χ2v) is 4.16. The summed E-state index contributed by atoms with van der Waals surface area (Å²) in [7, 11) is 1.61. The van der Waals surface area contributed by atoms with E-state index in [0.717, 1.165) is 17.7 Å². The SMILES string of the molecule is CCNC(c1cccc(F)c1)c1ccncc1OC. The molecule has 2 aromatic rings. The van der Waals surface area contributed by atoms with Gasteiger partial charge in [-0.3, -0.25) is 4.98 Å². The third-order valence-corrected chi connectivity index (χ3v) is 2.94. The summed E-state index contributed by atoms with van der Waals surface area (Å²) in [6.45, 7) is 2.78. The lowest BCUT2D eigenvalue weighted by Gasteiger charge is -2.21. The van der Waals surface area contributed by atoms with Crippen molar-refractivity contribution < 1.29 is 9.13 Å². The predicted octanol–water partition coefficient (Wildman–Crippen LogP) is 2.93. The van der Waals surface area contributed by atoms with E-state index in [-0.39, 0.29) is 11.9 Å². The first-order valence-electron chi connectivity index (χ1n) is 6.23. The normalized spacial score (nSPS) is 12.2. The van der Waals surface area contributed by atoms with Gasteiger partial charge in [0.2, 0.25) is 0 Å². The molecule has 100 valence electrons. The minimum Gasteiger partial charge on any atom is -0.495 e. The Kier molecular flexibility index (Phi) is 4.47.